The molecule has 1 fully saturated rings. The Bertz CT molecular complexity index is 370. The van der Waals surface area contributed by atoms with Crippen LogP contribution in [0.5, 0.6) is 0 Å². The van der Waals surface area contributed by atoms with E-state index in [1.54, 1.807) is 0 Å². The van der Waals surface area contributed by atoms with Crippen molar-refractivity contribution in [3.63, 3.8) is 0 Å². The van der Waals surface area contributed by atoms with Crippen molar-refractivity contribution in [2.24, 2.45) is 0 Å². The fourth-order valence-electron chi connectivity index (χ4n) is 2.03. The van der Waals surface area contributed by atoms with Gasteiger partial charge in [-0.2, -0.15) is 5.10 Å². The van der Waals surface area contributed by atoms with Gasteiger partial charge in [0.25, 0.3) is 0 Å². The molecule has 1 aliphatic rings. The first-order chi connectivity index (χ1) is 8.28. The van der Waals surface area contributed by atoms with E-state index in [1.165, 1.54) is 0 Å². The molecule has 0 aliphatic carbocycles. The van der Waals surface area contributed by atoms with Crippen molar-refractivity contribution in [2.45, 2.75) is 45.1 Å². The number of aromatic amines is 1. The standard InChI is InChI=1S/C12H19N3O2/c1-2-4-9-7-11(15-14-9)13-12(16)8-10-5-3-6-17-10/h7,10H,2-6,8H2,1H3,(H2,13,14,15,16). The number of hydrogen-bond donors (Lipinski definition) is 2. The van der Waals surface area contributed by atoms with Crippen LogP contribution in [0, 0.1) is 0 Å². The Morgan fingerprint density at radius 1 is 1.71 bits per heavy atom. The number of hydrogen-bond acceptors (Lipinski definition) is 3. The largest absolute Gasteiger partial charge is 0.378 e. The molecule has 0 saturated carbocycles. The van der Waals surface area contributed by atoms with Crippen LogP contribution in [-0.2, 0) is 16.0 Å². The number of rotatable bonds is 5. The minimum Gasteiger partial charge on any atom is -0.378 e. The smallest absolute Gasteiger partial charge is 0.228 e. The van der Waals surface area contributed by atoms with E-state index in [9.17, 15) is 4.79 Å². The second-order valence-corrected chi connectivity index (χ2v) is 4.42. The zero-order chi connectivity index (χ0) is 12.1. The lowest BCUT2D eigenvalue weighted by molar-refractivity contribution is -0.118. The van der Waals surface area contributed by atoms with Crippen LogP contribution >= 0.6 is 0 Å². The highest BCUT2D eigenvalue weighted by molar-refractivity contribution is 5.90. The molecular weight excluding hydrogens is 218 g/mol. The molecule has 1 saturated heterocycles. The van der Waals surface area contributed by atoms with Crippen molar-refractivity contribution in [2.75, 3.05) is 11.9 Å². The molecule has 0 bridgehead atoms. The Morgan fingerprint density at radius 3 is 3.29 bits per heavy atom. The molecule has 17 heavy (non-hydrogen) atoms. The number of amides is 1. The summed E-state index contributed by atoms with van der Waals surface area (Å²) in [4.78, 5) is 11.7. The average molecular weight is 237 g/mol. The molecular formula is C12H19N3O2. The number of anilines is 1. The first-order valence-electron chi connectivity index (χ1n) is 6.23. The molecule has 2 rings (SSSR count). The Kier molecular flexibility index (Phi) is 4.14. The van der Waals surface area contributed by atoms with Crippen LogP contribution in [0.15, 0.2) is 6.07 Å². The van der Waals surface area contributed by atoms with Gasteiger partial charge in [-0.3, -0.25) is 9.89 Å². The summed E-state index contributed by atoms with van der Waals surface area (Å²) in [6.07, 6.45) is 4.57. The Morgan fingerprint density at radius 2 is 2.59 bits per heavy atom. The van der Waals surface area contributed by atoms with E-state index in [0.29, 0.717) is 12.2 Å². The third kappa shape index (κ3) is 3.56. The van der Waals surface area contributed by atoms with E-state index in [4.69, 9.17) is 4.74 Å². The maximum absolute atomic E-state index is 11.7. The van der Waals surface area contributed by atoms with Gasteiger partial charge < -0.3 is 10.1 Å². The van der Waals surface area contributed by atoms with Crippen LogP contribution in [0.25, 0.3) is 0 Å². The summed E-state index contributed by atoms with van der Waals surface area (Å²) in [5.41, 5.74) is 1.06. The molecule has 1 atom stereocenters. The summed E-state index contributed by atoms with van der Waals surface area (Å²) in [7, 11) is 0. The van der Waals surface area contributed by atoms with Crippen LogP contribution in [0.3, 0.4) is 0 Å². The first kappa shape index (κ1) is 12.1. The maximum Gasteiger partial charge on any atom is 0.228 e. The van der Waals surface area contributed by atoms with E-state index in [0.717, 1.165) is 38.0 Å². The number of ether oxygens (including phenoxy) is 1. The van der Waals surface area contributed by atoms with Crippen LogP contribution in [0.4, 0.5) is 5.82 Å². The van der Waals surface area contributed by atoms with E-state index >= 15 is 0 Å². The SMILES string of the molecule is CCCc1cc(NC(=O)CC2CCCO2)n[nH]1. The summed E-state index contributed by atoms with van der Waals surface area (Å²) < 4.78 is 5.42. The van der Waals surface area contributed by atoms with Gasteiger partial charge in [-0.05, 0) is 19.3 Å². The number of aromatic nitrogens is 2. The molecule has 0 spiro atoms. The minimum absolute atomic E-state index is 0.0218. The highest BCUT2D eigenvalue weighted by Crippen LogP contribution is 2.16. The van der Waals surface area contributed by atoms with Gasteiger partial charge in [0.1, 0.15) is 0 Å². The first-order valence-corrected chi connectivity index (χ1v) is 6.23. The van der Waals surface area contributed by atoms with E-state index in [2.05, 4.69) is 22.4 Å². The van der Waals surface area contributed by atoms with E-state index in [-0.39, 0.29) is 12.0 Å². The normalized spacial score (nSPS) is 19.5. The second kappa shape index (κ2) is 5.82. The molecule has 5 heteroatoms. The summed E-state index contributed by atoms with van der Waals surface area (Å²) in [5.74, 6) is 0.586. The van der Waals surface area contributed by atoms with Gasteiger partial charge >= 0.3 is 0 Å². The molecule has 1 aromatic heterocycles. The predicted octanol–water partition coefficient (Wildman–Crippen LogP) is 1.87. The van der Waals surface area contributed by atoms with Crippen molar-refractivity contribution in [3.05, 3.63) is 11.8 Å². The third-order valence-corrected chi connectivity index (χ3v) is 2.85. The lowest BCUT2D eigenvalue weighted by atomic mass is 10.2. The molecule has 1 aliphatic heterocycles. The van der Waals surface area contributed by atoms with Crippen LogP contribution in [0.2, 0.25) is 0 Å². The van der Waals surface area contributed by atoms with E-state index < -0.39 is 0 Å². The summed E-state index contributed by atoms with van der Waals surface area (Å²) >= 11 is 0. The van der Waals surface area contributed by atoms with Gasteiger partial charge in [0, 0.05) is 18.4 Å². The molecule has 2 N–H and O–H groups in total. The molecule has 2 heterocycles. The summed E-state index contributed by atoms with van der Waals surface area (Å²) in [6.45, 7) is 2.89. The van der Waals surface area contributed by atoms with E-state index in [1.807, 2.05) is 6.07 Å². The fourth-order valence-corrected chi connectivity index (χ4v) is 2.03. The van der Waals surface area contributed by atoms with Crippen LogP contribution in [0.1, 0.15) is 38.3 Å². The van der Waals surface area contributed by atoms with Gasteiger partial charge in [0.15, 0.2) is 5.82 Å². The number of nitrogens with zero attached hydrogens (tertiary/aromatic N) is 1. The van der Waals surface area contributed by atoms with Crippen molar-refractivity contribution in [1.29, 1.82) is 0 Å². The van der Waals surface area contributed by atoms with Gasteiger partial charge in [-0.15, -0.1) is 0 Å². The van der Waals surface area contributed by atoms with Crippen LogP contribution < -0.4 is 5.32 Å². The number of carbonyl (C=O) groups is 1. The van der Waals surface area contributed by atoms with Crippen molar-refractivity contribution < 1.29 is 9.53 Å². The Balaban J connectivity index is 1.80. The maximum atomic E-state index is 11.7. The molecule has 1 amide bonds. The number of nitrogens with one attached hydrogen (secondary N) is 2. The van der Waals surface area contributed by atoms with Gasteiger partial charge in [0.05, 0.1) is 12.5 Å². The third-order valence-electron chi connectivity index (χ3n) is 2.85. The second-order valence-electron chi connectivity index (χ2n) is 4.42. The molecule has 5 nitrogen and oxygen atoms in total. The minimum atomic E-state index is -0.0218. The number of aryl methyl sites for hydroxylation is 1. The lowest BCUT2D eigenvalue weighted by Crippen LogP contribution is -2.19. The quantitative estimate of drug-likeness (QED) is 0.821. The lowest BCUT2D eigenvalue weighted by Gasteiger charge is -2.07. The van der Waals surface area contributed by atoms with Crippen molar-refractivity contribution >= 4 is 11.7 Å². The predicted molar refractivity (Wildman–Crippen MR) is 64.8 cm³/mol. The summed E-state index contributed by atoms with van der Waals surface area (Å²) in [6, 6.07) is 1.89. The molecule has 1 unspecified atom stereocenters. The van der Waals surface area contributed by atoms with Gasteiger partial charge in [0.2, 0.25) is 5.91 Å². The topological polar surface area (TPSA) is 67.0 Å². The van der Waals surface area contributed by atoms with Gasteiger partial charge in [-0.1, -0.05) is 13.3 Å². The Hall–Kier alpha value is -1.36. The number of carbonyl (C=O) groups excluding carboxylic acids is 1. The van der Waals surface area contributed by atoms with Crippen LogP contribution in [-0.4, -0.2) is 28.8 Å². The fraction of sp³-hybridized carbons (Fsp3) is 0.667. The highest BCUT2D eigenvalue weighted by Gasteiger charge is 2.19. The van der Waals surface area contributed by atoms with Crippen molar-refractivity contribution in [1.82, 2.24) is 10.2 Å². The zero-order valence-electron chi connectivity index (χ0n) is 10.2. The monoisotopic (exact) mass is 237 g/mol. The molecule has 94 valence electrons. The molecule has 0 radical (unpaired) electrons. The highest BCUT2D eigenvalue weighted by atomic mass is 16.5. The Labute approximate surface area is 101 Å². The van der Waals surface area contributed by atoms with Crippen molar-refractivity contribution in [3.8, 4) is 0 Å². The molecule has 1 aromatic rings. The summed E-state index contributed by atoms with van der Waals surface area (Å²) in [5, 5.41) is 9.75. The molecule has 0 aromatic carbocycles. The number of H-pyrrole nitrogens is 1. The van der Waals surface area contributed by atoms with Gasteiger partial charge in [-0.25, -0.2) is 0 Å². The average Bonchev–Trinajstić information content (AvgIpc) is 2.91. The zero-order valence-corrected chi connectivity index (χ0v) is 10.2.